The van der Waals surface area contributed by atoms with Gasteiger partial charge in [0.25, 0.3) is 0 Å². The predicted octanol–water partition coefficient (Wildman–Crippen LogP) is 1.93. The Morgan fingerprint density at radius 3 is 2.33 bits per heavy atom. The minimum atomic E-state index is 0.124. The van der Waals surface area contributed by atoms with Gasteiger partial charge in [0.15, 0.2) is 0 Å². The molecule has 1 aromatic carbocycles. The average molecular weight is 204 g/mol. The Kier molecular flexibility index (Phi) is 4.03. The van der Waals surface area contributed by atoms with Crippen LogP contribution in [0, 0.1) is 0 Å². The molecular weight excluding hydrogens is 188 g/mol. The molecular formula is C12H16N2O. The molecule has 0 fully saturated rings. The van der Waals surface area contributed by atoms with E-state index in [4.69, 9.17) is 0 Å². The number of hydrazone groups is 1. The standard InChI is InChI=1S/C12H16N2O/c1-10(15)9-12(13-14(2)3)11-7-5-4-6-8-11/h4-8H,9H2,1-3H3/b13-12+. The summed E-state index contributed by atoms with van der Waals surface area (Å²) in [5.41, 5.74) is 1.81. The quantitative estimate of drug-likeness (QED) is 0.554. The Labute approximate surface area is 90.4 Å². The molecule has 0 atom stereocenters. The molecule has 0 aliphatic heterocycles. The van der Waals surface area contributed by atoms with Gasteiger partial charge in [0, 0.05) is 14.1 Å². The first-order valence-corrected chi connectivity index (χ1v) is 4.89. The minimum absolute atomic E-state index is 0.124. The van der Waals surface area contributed by atoms with Crippen molar-refractivity contribution in [2.75, 3.05) is 14.1 Å². The third-order valence-corrected chi connectivity index (χ3v) is 1.84. The van der Waals surface area contributed by atoms with Gasteiger partial charge < -0.3 is 5.01 Å². The van der Waals surface area contributed by atoms with Crippen molar-refractivity contribution in [2.24, 2.45) is 5.10 Å². The molecule has 3 heteroatoms. The fraction of sp³-hybridized carbons (Fsp3) is 0.333. The maximum absolute atomic E-state index is 11.1. The summed E-state index contributed by atoms with van der Waals surface area (Å²) >= 11 is 0. The molecule has 0 unspecified atom stereocenters. The van der Waals surface area contributed by atoms with Crippen LogP contribution in [-0.2, 0) is 4.79 Å². The number of hydrogen-bond acceptors (Lipinski definition) is 3. The molecule has 0 amide bonds. The van der Waals surface area contributed by atoms with Crippen molar-refractivity contribution in [1.82, 2.24) is 5.01 Å². The number of benzene rings is 1. The monoisotopic (exact) mass is 204 g/mol. The van der Waals surface area contributed by atoms with Crippen molar-refractivity contribution in [3.8, 4) is 0 Å². The van der Waals surface area contributed by atoms with Crippen LogP contribution in [0.5, 0.6) is 0 Å². The summed E-state index contributed by atoms with van der Waals surface area (Å²) in [6, 6.07) is 9.77. The first kappa shape index (κ1) is 11.4. The highest BCUT2D eigenvalue weighted by molar-refractivity contribution is 6.10. The number of rotatable bonds is 4. The Balaban J connectivity index is 2.96. The summed E-state index contributed by atoms with van der Waals surface area (Å²) in [7, 11) is 3.70. The second kappa shape index (κ2) is 5.29. The van der Waals surface area contributed by atoms with Gasteiger partial charge in [0.05, 0.1) is 12.1 Å². The summed E-state index contributed by atoms with van der Waals surface area (Å²) in [4.78, 5) is 11.1. The van der Waals surface area contributed by atoms with Crippen LogP contribution in [-0.4, -0.2) is 30.6 Å². The summed E-state index contributed by atoms with van der Waals surface area (Å²) in [6.07, 6.45) is 0.377. The Morgan fingerprint density at radius 1 is 1.27 bits per heavy atom. The van der Waals surface area contributed by atoms with Gasteiger partial charge in [-0.3, -0.25) is 4.79 Å². The van der Waals surface area contributed by atoms with E-state index in [-0.39, 0.29) is 5.78 Å². The van der Waals surface area contributed by atoms with Gasteiger partial charge in [0.2, 0.25) is 0 Å². The summed E-state index contributed by atoms with van der Waals surface area (Å²) in [5.74, 6) is 0.124. The smallest absolute Gasteiger partial charge is 0.135 e. The van der Waals surface area contributed by atoms with E-state index in [1.54, 1.807) is 11.9 Å². The molecule has 0 aromatic heterocycles. The average Bonchev–Trinajstić information content (AvgIpc) is 2.17. The molecule has 1 aromatic rings. The van der Waals surface area contributed by atoms with E-state index >= 15 is 0 Å². The van der Waals surface area contributed by atoms with Gasteiger partial charge in [-0.1, -0.05) is 30.3 Å². The van der Waals surface area contributed by atoms with Crippen molar-refractivity contribution in [2.45, 2.75) is 13.3 Å². The lowest BCUT2D eigenvalue weighted by Gasteiger charge is -2.09. The summed E-state index contributed by atoms with van der Waals surface area (Å²) < 4.78 is 0. The largest absolute Gasteiger partial charge is 0.303 e. The fourth-order valence-corrected chi connectivity index (χ4v) is 1.30. The van der Waals surface area contributed by atoms with Crippen LogP contribution >= 0.6 is 0 Å². The summed E-state index contributed by atoms with van der Waals surface area (Å²) in [6.45, 7) is 1.58. The number of nitrogens with zero attached hydrogens (tertiary/aromatic N) is 2. The lowest BCUT2D eigenvalue weighted by atomic mass is 10.1. The zero-order valence-corrected chi connectivity index (χ0v) is 9.40. The van der Waals surface area contributed by atoms with E-state index in [1.807, 2.05) is 44.4 Å². The van der Waals surface area contributed by atoms with Gasteiger partial charge in [-0.15, -0.1) is 0 Å². The Bertz CT molecular complexity index is 355. The maximum Gasteiger partial charge on any atom is 0.135 e. The van der Waals surface area contributed by atoms with Crippen molar-refractivity contribution in [1.29, 1.82) is 0 Å². The van der Waals surface area contributed by atoms with Gasteiger partial charge in [-0.2, -0.15) is 5.10 Å². The molecule has 3 nitrogen and oxygen atoms in total. The SMILES string of the molecule is CC(=O)C/C(=N\N(C)C)c1ccccc1. The first-order chi connectivity index (χ1) is 7.09. The second-order valence-corrected chi connectivity index (χ2v) is 3.64. The number of carbonyl (C=O) groups excluding carboxylic acids is 1. The van der Waals surface area contributed by atoms with Gasteiger partial charge in [0.1, 0.15) is 5.78 Å². The van der Waals surface area contributed by atoms with Crippen LogP contribution in [0.4, 0.5) is 0 Å². The van der Waals surface area contributed by atoms with Gasteiger partial charge in [-0.05, 0) is 12.5 Å². The first-order valence-electron chi connectivity index (χ1n) is 4.89. The van der Waals surface area contributed by atoms with Crippen molar-refractivity contribution in [3.05, 3.63) is 35.9 Å². The van der Waals surface area contributed by atoms with Crippen LogP contribution in [0.3, 0.4) is 0 Å². The Hall–Kier alpha value is -1.64. The molecule has 0 saturated carbocycles. The zero-order valence-electron chi connectivity index (χ0n) is 9.40. The fourth-order valence-electron chi connectivity index (χ4n) is 1.30. The van der Waals surface area contributed by atoms with Crippen molar-refractivity contribution >= 4 is 11.5 Å². The molecule has 0 N–H and O–H groups in total. The number of ketones is 1. The minimum Gasteiger partial charge on any atom is -0.303 e. The number of hydrogen-bond donors (Lipinski definition) is 0. The van der Waals surface area contributed by atoms with E-state index in [2.05, 4.69) is 5.10 Å². The van der Waals surface area contributed by atoms with Crippen LogP contribution in [0.1, 0.15) is 18.9 Å². The van der Waals surface area contributed by atoms with E-state index in [0.717, 1.165) is 11.3 Å². The predicted molar refractivity (Wildman–Crippen MR) is 62.0 cm³/mol. The molecule has 15 heavy (non-hydrogen) atoms. The highest BCUT2D eigenvalue weighted by Gasteiger charge is 2.06. The zero-order chi connectivity index (χ0) is 11.3. The van der Waals surface area contributed by atoms with Crippen molar-refractivity contribution < 1.29 is 4.79 Å². The normalized spacial score (nSPS) is 11.3. The lowest BCUT2D eigenvalue weighted by molar-refractivity contribution is -0.115. The van der Waals surface area contributed by atoms with Crippen LogP contribution < -0.4 is 0 Å². The molecule has 0 saturated heterocycles. The molecule has 0 aliphatic carbocycles. The molecule has 0 radical (unpaired) electrons. The van der Waals surface area contributed by atoms with E-state index in [0.29, 0.717) is 6.42 Å². The Morgan fingerprint density at radius 2 is 1.87 bits per heavy atom. The molecule has 0 spiro atoms. The molecule has 0 heterocycles. The number of carbonyl (C=O) groups is 1. The summed E-state index contributed by atoms with van der Waals surface area (Å²) in [5, 5.41) is 6.03. The topological polar surface area (TPSA) is 32.7 Å². The van der Waals surface area contributed by atoms with Crippen LogP contribution in [0.2, 0.25) is 0 Å². The maximum atomic E-state index is 11.1. The van der Waals surface area contributed by atoms with Gasteiger partial charge in [-0.25, -0.2) is 0 Å². The molecule has 80 valence electrons. The highest BCUT2D eigenvalue weighted by atomic mass is 16.1. The molecule has 1 rings (SSSR count). The highest BCUT2D eigenvalue weighted by Crippen LogP contribution is 2.05. The van der Waals surface area contributed by atoms with Gasteiger partial charge >= 0.3 is 0 Å². The van der Waals surface area contributed by atoms with Crippen molar-refractivity contribution in [3.63, 3.8) is 0 Å². The van der Waals surface area contributed by atoms with E-state index < -0.39 is 0 Å². The molecule has 0 bridgehead atoms. The second-order valence-electron chi connectivity index (χ2n) is 3.64. The number of Topliss-reactive ketones (excluding diaryl/α,β-unsaturated/α-hetero) is 1. The third kappa shape index (κ3) is 3.94. The van der Waals surface area contributed by atoms with Crippen LogP contribution in [0.15, 0.2) is 35.4 Å². The molecule has 0 aliphatic rings. The third-order valence-electron chi connectivity index (χ3n) is 1.84. The van der Waals surface area contributed by atoms with E-state index in [9.17, 15) is 4.79 Å². The lowest BCUT2D eigenvalue weighted by Crippen LogP contribution is -2.13. The van der Waals surface area contributed by atoms with E-state index in [1.165, 1.54) is 0 Å². The van der Waals surface area contributed by atoms with Crippen LogP contribution in [0.25, 0.3) is 0 Å².